The Kier molecular flexibility index (Phi) is 4.76. The molecule has 1 aliphatic heterocycles. The predicted octanol–water partition coefficient (Wildman–Crippen LogP) is 4.83. The number of H-pyrrole nitrogens is 1. The number of fused-ring (bicyclic) bond motifs is 6. The summed E-state index contributed by atoms with van der Waals surface area (Å²) in [4.78, 5) is 8.28. The van der Waals surface area contributed by atoms with E-state index in [-0.39, 0.29) is 5.82 Å². The number of pyridine rings is 1. The summed E-state index contributed by atoms with van der Waals surface area (Å²) in [6.07, 6.45) is 3.11. The van der Waals surface area contributed by atoms with Crippen LogP contribution in [-0.4, -0.2) is 29.7 Å². The summed E-state index contributed by atoms with van der Waals surface area (Å²) in [5.41, 5.74) is 6.72. The van der Waals surface area contributed by atoms with Gasteiger partial charge in [-0.2, -0.15) is 0 Å². The molecule has 6 heteroatoms. The number of ether oxygens (including phenoxy) is 2. The van der Waals surface area contributed by atoms with Crippen LogP contribution in [0.15, 0.2) is 36.4 Å². The van der Waals surface area contributed by atoms with Gasteiger partial charge in [-0.15, -0.1) is 0 Å². The summed E-state index contributed by atoms with van der Waals surface area (Å²) in [7, 11) is 0. The third-order valence-corrected chi connectivity index (χ3v) is 6.80. The molecule has 0 bridgehead atoms. The van der Waals surface area contributed by atoms with Gasteiger partial charge in [0.1, 0.15) is 19.0 Å². The highest BCUT2D eigenvalue weighted by molar-refractivity contribution is 5.89. The molecule has 0 radical (unpaired) electrons. The van der Waals surface area contributed by atoms with Gasteiger partial charge in [0, 0.05) is 34.2 Å². The molecule has 0 fully saturated rings. The lowest BCUT2D eigenvalue weighted by Gasteiger charge is -2.23. The highest BCUT2D eigenvalue weighted by Crippen LogP contribution is 2.38. The van der Waals surface area contributed by atoms with Crippen molar-refractivity contribution in [3.63, 3.8) is 0 Å². The summed E-state index contributed by atoms with van der Waals surface area (Å²) < 4.78 is 25.4. The van der Waals surface area contributed by atoms with Gasteiger partial charge in [-0.25, -0.2) is 4.39 Å². The number of nitrogens with one attached hydrogen (secondary N) is 2. The Morgan fingerprint density at radius 2 is 2.03 bits per heavy atom. The fourth-order valence-electron chi connectivity index (χ4n) is 5.12. The third kappa shape index (κ3) is 3.39. The highest BCUT2D eigenvalue weighted by atomic mass is 19.1. The minimum Gasteiger partial charge on any atom is -0.486 e. The Hall–Kier alpha value is -3.12. The normalized spacial score (nSPS) is 17.6. The van der Waals surface area contributed by atoms with Gasteiger partial charge < -0.3 is 19.8 Å². The smallest absolute Gasteiger partial charge is 0.170 e. The number of hydrogen-bond acceptors (Lipinski definition) is 4. The lowest BCUT2D eigenvalue weighted by Crippen LogP contribution is -2.27. The molecular weight excluding hydrogens is 405 g/mol. The number of nitrogens with zero attached hydrogens (tertiary/aromatic N) is 1. The van der Waals surface area contributed by atoms with Crippen LogP contribution in [0.3, 0.4) is 0 Å². The van der Waals surface area contributed by atoms with Crippen molar-refractivity contribution in [2.45, 2.75) is 32.7 Å². The first-order chi connectivity index (χ1) is 15.7. The van der Waals surface area contributed by atoms with Gasteiger partial charge in [-0.3, -0.25) is 4.98 Å². The van der Waals surface area contributed by atoms with Gasteiger partial charge in [0.2, 0.25) is 0 Å². The minimum absolute atomic E-state index is 0.171. The predicted molar refractivity (Wildman–Crippen MR) is 123 cm³/mol. The molecule has 2 N–H and O–H groups in total. The van der Waals surface area contributed by atoms with E-state index in [1.165, 1.54) is 22.9 Å². The summed E-state index contributed by atoms with van der Waals surface area (Å²) in [6, 6.07) is 11.2. The molecule has 1 atom stereocenters. The summed E-state index contributed by atoms with van der Waals surface area (Å²) in [5.74, 6) is 1.95. The SMILES string of the molecule is Cc1nc2ccc3c(c2cc1CNC[C@H]1CCc2[nH]c4ccc(F)cc4c2C1)OCCO3. The van der Waals surface area contributed by atoms with Crippen molar-refractivity contribution >= 4 is 21.8 Å². The second-order valence-electron chi connectivity index (χ2n) is 8.90. The fraction of sp³-hybridized carbons (Fsp3) is 0.346. The van der Waals surface area contributed by atoms with E-state index in [2.05, 4.69) is 23.3 Å². The lowest BCUT2D eigenvalue weighted by molar-refractivity contribution is 0.174. The van der Waals surface area contributed by atoms with E-state index >= 15 is 0 Å². The molecule has 6 rings (SSSR count). The Morgan fingerprint density at radius 1 is 1.12 bits per heavy atom. The van der Waals surface area contributed by atoms with E-state index in [1.54, 1.807) is 6.07 Å². The maximum atomic E-state index is 13.8. The first kappa shape index (κ1) is 19.6. The average molecular weight is 432 g/mol. The number of benzene rings is 2. The summed E-state index contributed by atoms with van der Waals surface area (Å²) in [6.45, 7) is 4.88. The molecule has 0 spiro atoms. The molecule has 2 aromatic heterocycles. The van der Waals surface area contributed by atoms with Gasteiger partial charge in [-0.05, 0) is 86.2 Å². The van der Waals surface area contributed by atoms with Crippen molar-refractivity contribution in [1.29, 1.82) is 0 Å². The largest absolute Gasteiger partial charge is 0.486 e. The number of rotatable bonds is 4. The van der Waals surface area contributed by atoms with Crippen LogP contribution in [0.4, 0.5) is 4.39 Å². The summed E-state index contributed by atoms with van der Waals surface area (Å²) in [5, 5.41) is 5.68. The molecule has 0 saturated carbocycles. The Labute approximate surface area is 185 Å². The van der Waals surface area contributed by atoms with Crippen LogP contribution in [-0.2, 0) is 19.4 Å². The molecule has 0 unspecified atom stereocenters. The van der Waals surface area contributed by atoms with Crippen molar-refractivity contribution in [3.8, 4) is 11.5 Å². The second-order valence-corrected chi connectivity index (χ2v) is 8.90. The molecule has 2 aliphatic rings. The van der Waals surface area contributed by atoms with Crippen molar-refractivity contribution in [2.75, 3.05) is 19.8 Å². The fourth-order valence-corrected chi connectivity index (χ4v) is 5.12. The number of aromatic nitrogens is 2. The van der Waals surface area contributed by atoms with Crippen molar-refractivity contribution in [1.82, 2.24) is 15.3 Å². The van der Waals surface area contributed by atoms with Gasteiger partial charge in [-0.1, -0.05) is 0 Å². The van der Waals surface area contributed by atoms with Gasteiger partial charge >= 0.3 is 0 Å². The second kappa shape index (κ2) is 7.78. The molecule has 164 valence electrons. The maximum Gasteiger partial charge on any atom is 0.170 e. The van der Waals surface area contributed by atoms with Crippen molar-refractivity contribution in [3.05, 3.63) is 64.7 Å². The van der Waals surface area contributed by atoms with Crippen LogP contribution in [0.5, 0.6) is 11.5 Å². The Morgan fingerprint density at radius 3 is 2.97 bits per heavy atom. The van der Waals surface area contributed by atoms with E-state index in [4.69, 9.17) is 14.5 Å². The van der Waals surface area contributed by atoms with Crippen LogP contribution in [0.25, 0.3) is 21.8 Å². The molecule has 5 nitrogen and oxygen atoms in total. The monoisotopic (exact) mass is 431 g/mol. The van der Waals surface area contributed by atoms with E-state index in [0.29, 0.717) is 19.1 Å². The third-order valence-electron chi connectivity index (χ3n) is 6.80. The van der Waals surface area contributed by atoms with E-state index in [9.17, 15) is 4.39 Å². The summed E-state index contributed by atoms with van der Waals surface area (Å²) >= 11 is 0. The highest BCUT2D eigenvalue weighted by Gasteiger charge is 2.23. The quantitative estimate of drug-likeness (QED) is 0.486. The molecule has 4 aromatic rings. The molecule has 32 heavy (non-hydrogen) atoms. The Bertz CT molecular complexity index is 1330. The van der Waals surface area contributed by atoms with Gasteiger partial charge in [0.25, 0.3) is 0 Å². The van der Waals surface area contributed by atoms with Gasteiger partial charge in [0.15, 0.2) is 11.5 Å². The number of aromatic amines is 1. The molecule has 0 saturated heterocycles. The molecule has 3 heterocycles. The van der Waals surface area contributed by atoms with E-state index < -0.39 is 0 Å². The van der Waals surface area contributed by atoms with Crippen LogP contribution in [0.2, 0.25) is 0 Å². The number of hydrogen-bond donors (Lipinski definition) is 2. The first-order valence-corrected chi connectivity index (χ1v) is 11.3. The standard InChI is InChI=1S/C26H26FN3O2/c1-15-17(11-21-24(29-15)6-7-25-26(21)32-9-8-31-25)14-28-13-16-2-4-22-19(10-16)20-12-18(27)3-5-23(20)30-22/h3,5-7,11-12,16,28,30H,2,4,8-10,13-14H2,1H3/t16-/m0/s1. The van der Waals surface area contributed by atoms with Crippen molar-refractivity contribution in [2.24, 2.45) is 5.92 Å². The minimum atomic E-state index is -0.171. The molecule has 1 aliphatic carbocycles. The average Bonchev–Trinajstić information content (AvgIpc) is 3.16. The van der Waals surface area contributed by atoms with Crippen LogP contribution in [0, 0.1) is 18.7 Å². The molecule has 0 amide bonds. The van der Waals surface area contributed by atoms with Crippen molar-refractivity contribution < 1.29 is 13.9 Å². The van der Waals surface area contributed by atoms with E-state index in [1.807, 2.05) is 18.2 Å². The number of aryl methyl sites for hydroxylation is 2. The lowest BCUT2D eigenvalue weighted by atomic mass is 9.86. The molecular formula is C26H26FN3O2. The maximum absolute atomic E-state index is 13.8. The topological polar surface area (TPSA) is 59.2 Å². The van der Waals surface area contributed by atoms with Gasteiger partial charge in [0.05, 0.1) is 5.52 Å². The zero-order valence-electron chi connectivity index (χ0n) is 18.1. The van der Waals surface area contributed by atoms with Crippen LogP contribution in [0.1, 0.15) is 28.9 Å². The first-order valence-electron chi connectivity index (χ1n) is 11.3. The molecule has 2 aromatic carbocycles. The van der Waals surface area contributed by atoms with E-state index in [0.717, 1.165) is 71.4 Å². The van der Waals surface area contributed by atoms with Crippen LogP contribution >= 0.6 is 0 Å². The zero-order valence-corrected chi connectivity index (χ0v) is 18.1. The number of halogens is 1. The Balaban J connectivity index is 1.18. The zero-order chi connectivity index (χ0) is 21.7. The van der Waals surface area contributed by atoms with Crippen LogP contribution < -0.4 is 14.8 Å².